The number of aliphatic hydroxyl groups is 1. The van der Waals surface area contributed by atoms with Gasteiger partial charge in [-0.15, -0.1) is 0 Å². The average molecular weight is 687 g/mol. The largest absolute Gasteiger partial charge is 0.463 e. The molecule has 0 aliphatic carbocycles. The van der Waals surface area contributed by atoms with Gasteiger partial charge in [0.25, 0.3) is 0 Å². The van der Waals surface area contributed by atoms with Crippen LogP contribution in [0.5, 0.6) is 0 Å². The average Bonchev–Trinajstić information content (AvgIpc) is 3.62. The number of unbranched alkanes of at least 4 members (excludes halogenated alkanes) is 1. The molecule has 0 saturated carbocycles. The number of hydrogen-bond donors (Lipinski definition) is 2. The first kappa shape index (κ1) is 33.3. The number of nitrogens with one attached hydrogen (secondary N) is 1. The first-order chi connectivity index (χ1) is 21.6. The van der Waals surface area contributed by atoms with Gasteiger partial charge in [-0.2, -0.15) is 0 Å². The quantitative estimate of drug-likeness (QED) is 0.316. The summed E-state index contributed by atoms with van der Waals surface area (Å²) >= 11 is 3.61. The summed E-state index contributed by atoms with van der Waals surface area (Å²) in [5, 5.41) is 13.6. The molecule has 1 aromatic carbocycles. The molecule has 10 nitrogen and oxygen atoms in total. The van der Waals surface area contributed by atoms with Crippen molar-refractivity contribution in [3.8, 4) is 0 Å². The molecule has 1 spiro atoms. The summed E-state index contributed by atoms with van der Waals surface area (Å²) in [7, 11) is 0. The van der Waals surface area contributed by atoms with E-state index in [-0.39, 0.29) is 43.9 Å². The van der Waals surface area contributed by atoms with Gasteiger partial charge in [0.05, 0.1) is 30.5 Å². The summed E-state index contributed by atoms with van der Waals surface area (Å²) < 4.78 is 12.8. The number of allylic oxidation sites excluding steroid dienone is 1. The lowest BCUT2D eigenvalue weighted by Gasteiger charge is -2.39. The van der Waals surface area contributed by atoms with Crippen molar-refractivity contribution in [1.29, 1.82) is 0 Å². The Morgan fingerprint density at radius 1 is 1.11 bits per heavy atom. The van der Waals surface area contributed by atoms with Crippen LogP contribution in [0.1, 0.15) is 64.5 Å². The molecule has 4 aliphatic rings. The van der Waals surface area contributed by atoms with Gasteiger partial charge in [0.1, 0.15) is 24.4 Å². The Morgan fingerprint density at radius 2 is 1.87 bits per heavy atom. The number of esters is 1. The van der Waals surface area contributed by atoms with Crippen LogP contribution in [0.2, 0.25) is 0 Å². The van der Waals surface area contributed by atoms with E-state index in [2.05, 4.69) is 21.2 Å². The van der Waals surface area contributed by atoms with Crippen LogP contribution < -0.4 is 5.32 Å². The van der Waals surface area contributed by atoms with Gasteiger partial charge in [0.15, 0.2) is 0 Å². The predicted molar refractivity (Wildman–Crippen MR) is 171 cm³/mol. The SMILES string of the molecule is CCCCN1C/C=C\CCC(=O)OC[C@@H](c2ccccc2)NC(=O)[C@@H]2[C@H]3O[C@@]4(C=C3Br)[C@H](C1=O)N([C@@H](CO)CC(C)C)C(=O)[C@@H]24. The molecule has 3 amide bonds. The van der Waals surface area contributed by atoms with E-state index < -0.39 is 53.5 Å². The number of ether oxygens (including phenoxy) is 2. The summed E-state index contributed by atoms with van der Waals surface area (Å²) in [6.07, 6.45) is 7.46. The van der Waals surface area contributed by atoms with E-state index in [0.29, 0.717) is 23.9 Å². The van der Waals surface area contributed by atoms with Crippen molar-refractivity contribution in [3.63, 3.8) is 0 Å². The van der Waals surface area contributed by atoms with Crippen molar-refractivity contribution in [3.05, 3.63) is 58.6 Å². The van der Waals surface area contributed by atoms with Crippen LogP contribution in [0.25, 0.3) is 0 Å². The number of carbonyl (C=O) groups is 4. The minimum atomic E-state index is -1.39. The van der Waals surface area contributed by atoms with Crippen LogP contribution >= 0.6 is 15.9 Å². The third-order valence-electron chi connectivity index (χ3n) is 9.28. The molecule has 0 unspecified atom stereocenters. The smallest absolute Gasteiger partial charge is 0.306 e. The van der Waals surface area contributed by atoms with E-state index in [1.54, 1.807) is 11.0 Å². The molecule has 5 bridgehead atoms. The summed E-state index contributed by atoms with van der Waals surface area (Å²) in [4.78, 5) is 59.4. The fourth-order valence-electron chi connectivity index (χ4n) is 7.21. The Kier molecular flexibility index (Phi) is 10.5. The Bertz CT molecular complexity index is 1330. The molecular weight excluding hydrogens is 642 g/mol. The van der Waals surface area contributed by atoms with Crippen molar-refractivity contribution >= 4 is 39.6 Å². The molecule has 2 fully saturated rings. The maximum absolute atomic E-state index is 14.7. The number of nitrogens with zero attached hydrogens (tertiary/aromatic N) is 2. The Morgan fingerprint density at radius 3 is 2.56 bits per heavy atom. The number of likely N-dealkylation sites (tertiary alicyclic amines) is 1. The summed E-state index contributed by atoms with van der Waals surface area (Å²) in [5.74, 6) is -3.26. The van der Waals surface area contributed by atoms with Gasteiger partial charge in [-0.25, -0.2) is 0 Å². The highest BCUT2D eigenvalue weighted by atomic mass is 79.9. The first-order valence-electron chi connectivity index (χ1n) is 16.1. The highest BCUT2D eigenvalue weighted by molar-refractivity contribution is 9.11. The zero-order valence-electron chi connectivity index (χ0n) is 26.2. The molecule has 244 valence electrons. The first-order valence-corrected chi connectivity index (χ1v) is 16.9. The van der Waals surface area contributed by atoms with Crippen LogP contribution in [0, 0.1) is 17.8 Å². The summed E-state index contributed by atoms with van der Waals surface area (Å²) in [6.45, 7) is 6.42. The second-order valence-corrected chi connectivity index (χ2v) is 13.8. The van der Waals surface area contributed by atoms with Crippen molar-refractivity contribution in [1.82, 2.24) is 15.1 Å². The van der Waals surface area contributed by atoms with Crippen LogP contribution in [0.4, 0.5) is 0 Å². The lowest BCUT2D eigenvalue weighted by Crippen LogP contribution is -2.58. The number of rotatable bonds is 8. The van der Waals surface area contributed by atoms with E-state index in [1.807, 2.05) is 63.3 Å². The zero-order chi connectivity index (χ0) is 32.3. The summed E-state index contributed by atoms with van der Waals surface area (Å²) in [5.41, 5.74) is -0.637. The van der Waals surface area contributed by atoms with E-state index in [0.717, 1.165) is 18.4 Å². The number of fused-ring (bicyclic) bond motifs is 2. The Balaban J connectivity index is 1.61. The van der Waals surface area contributed by atoms with E-state index >= 15 is 0 Å². The minimum Gasteiger partial charge on any atom is -0.463 e. The molecule has 0 aromatic heterocycles. The second kappa shape index (κ2) is 14.2. The third kappa shape index (κ3) is 6.49. The molecule has 11 heteroatoms. The van der Waals surface area contributed by atoms with E-state index in [4.69, 9.17) is 9.47 Å². The lowest BCUT2D eigenvalue weighted by atomic mass is 9.74. The van der Waals surface area contributed by atoms with Crippen molar-refractivity contribution in [2.24, 2.45) is 17.8 Å². The molecule has 7 atom stereocenters. The summed E-state index contributed by atoms with van der Waals surface area (Å²) in [6, 6.07) is 6.89. The number of cyclic esters (lactones) is 1. The Labute approximate surface area is 273 Å². The molecule has 0 radical (unpaired) electrons. The highest BCUT2D eigenvalue weighted by Gasteiger charge is 2.75. The number of halogens is 1. The molecule has 5 rings (SSSR count). The number of amides is 3. The second-order valence-electron chi connectivity index (χ2n) is 12.8. The van der Waals surface area contributed by atoms with Gasteiger partial charge < -0.3 is 29.7 Å². The number of carbonyl (C=O) groups excluding carboxylic acids is 4. The van der Waals surface area contributed by atoms with Crippen LogP contribution in [-0.2, 0) is 28.7 Å². The van der Waals surface area contributed by atoms with Crippen LogP contribution in [0.15, 0.2) is 53.0 Å². The van der Waals surface area contributed by atoms with Gasteiger partial charge >= 0.3 is 5.97 Å². The highest BCUT2D eigenvalue weighted by Crippen LogP contribution is 2.59. The minimum absolute atomic E-state index is 0.0731. The molecule has 2 N–H and O–H groups in total. The van der Waals surface area contributed by atoms with Gasteiger partial charge in [0.2, 0.25) is 17.7 Å². The van der Waals surface area contributed by atoms with Gasteiger partial charge in [-0.05, 0) is 36.8 Å². The van der Waals surface area contributed by atoms with Gasteiger partial charge in [-0.3, -0.25) is 19.2 Å². The fraction of sp³-hybridized carbons (Fsp3) is 0.588. The molecule has 4 heterocycles. The monoisotopic (exact) mass is 685 g/mol. The zero-order valence-corrected chi connectivity index (χ0v) is 27.8. The standard InChI is InChI=1S/C34H44BrN3O7/c1-4-5-15-37-16-11-7-10-14-26(40)44-20-25(22-12-8-6-9-13-22)36-31(41)27-28-32(42)38(23(19-39)17-21(2)3)30(33(37)43)34(28)18-24(35)29(27)45-34/h6-9,11-13,18,21,23,25,27-30,39H,4-5,10,14-17,19-20H2,1-3H3,(H,36,41)/b11-7-/t23-,25+,27+,28-,29+,30+,34-/m1/s1. The normalized spacial score (nSPS) is 32.0. The maximum atomic E-state index is 14.7. The molecule has 1 aromatic rings. The maximum Gasteiger partial charge on any atom is 0.306 e. The lowest BCUT2D eigenvalue weighted by molar-refractivity contribution is -0.151. The number of hydrogen-bond acceptors (Lipinski definition) is 7. The van der Waals surface area contributed by atoms with Crippen LogP contribution in [0.3, 0.4) is 0 Å². The molecule has 2 saturated heterocycles. The third-order valence-corrected chi connectivity index (χ3v) is 9.96. The molecular formula is C34H44BrN3O7. The van der Waals surface area contributed by atoms with E-state index in [1.165, 1.54) is 4.90 Å². The number of benzene rings is 1. The van der Waals surface area contributed by atoms with Gasteiger partial charge in [-0.1, -0.05) is 85.6 Å². The molecule has 45 heavy (non-hydrogen) atoms. The number of aliphatic hydroxyl groups excluding tert-OH is 1. The van der Waals surface area contributed by atoms with Crippen molar-refractivity contribution in [2.75, 3.05) is 26.3 Å². The fourth-order valence-corrected chi connectivity index (χ4v) is 7.94. The van der Waals surface area contributed by atoms with E-state index in [9.17, 15) is 24.3 Å². The van der Waals surface area contributed by atoms with Crippen molar-refractivity contribution in [2.45, 2.75) is 82.7 Å². The molecule has 4 aliphatic heterocycles. The topological polar surface area (TPSA) is 125 Å². The predicted octanol–water partition coefficient (Wildman–Crippen LogP) is 3.65. The van der Waals surface area contributed by atoms with Gasteiger partial charge in [0, 0.05) is 24.0 Å². The van der Waals surface area contributed by atoms with Crippen LogP contribution in [-0.4, -0.2) is 88.7 Å². The van der Waals surface area contributed by atoms with Crippen molar-refractivity contribution < 1.29 is 33.8 Å². The Hall–Kier alpha value is -3.02.